The molecule has 1 fully saturated rings. The van der Waals surface area contributed by atoms with Crippen molar-refractivity contribution in [1.82, 2.24) is 9.99 Å². The van der Waals surface area contributed by atoms with E-state index < -0.39 is 0 Å². The molecule has 0 bridgehead atoms. The smallest absolute Gasteiger partial charge is 0.277 e. The number of hydrazone groups is 1. The summed E-state index contributed by atoms with van der Waals surface area (Å²) in [5, 5.41) is 4.06. The summed E-state index contributed by atoms with van der Waals surface area (Å²) in [5.41, 5.74) is 5.61. The zero-order valence-corrected chi connectivity index (χ0v) is 18.7. The highest BCUT2D eigenvalue weighted by molar-refractivity contribution is 8.19. The molecule has 31 heavy (non-hydrogen) atoms. The third-order valence-corrected chi connectivity index (χ3v) is 7.77. The quantitative estimate of drug-likeness (QED) is 0.402. The maximum atomic E-state index is 12.1. The third kappa shape index (κ3) is 5.65. The van der Waals surface area contributed by atoms with Gasteiger partial charge in [-0.05, 0) is 54.1 Å². The molecule has 4 rings (SSSR count). The summed E-state index contributed by atoms with van der Waals surface area (Å²) < 4.78 is 13.2. The summed E-state index contributed by atoms with van der Waals surface area (Å²) in [6.07, 6.45) is 3.54. The van der Waals surface area contributed by atoms with E-state index in [4.69, 9.17) is 9.47 Å². The Balaban J connectivity index is 1.27. The molecule has 1 amide bonds. The summed E-state index contributed by atoms with van der Waals surface area (Å²) in [5.74, 6) is 3.54. The van der Waals surface area contributed by atoms with Crippen molar-refractivity contribution in [3.8, 4) is 17.2 Å². The summed E-state index contributed by atoms with van der Waals surface area (Å²) in [7, 11) is 1.64. The zero-order valence-electron chi connectivity index (χ0n) is 17.1. The van der Waals surface area contributed by atoms with Crippen LogP contribution in [-0.2, 0) is 4.79 Å². The fourth-order valence-electron chi connectivity index (χ4n) is 3.10. The van der Waals surface area contributed by atoms with E-state index in [9.17, 15) is 4.79 Å². The summed E-state index contributed by atoms with van der Waals surface area (Å²) >= 11 is 3.93. The van der Waals surface area contributed by atoms with Crippen LogP contribution in [0.15, 0.2) is 72.0 Å². The van der Waals surface area contributed by atoms with Crippen LogP contribution in [0.1, 0.15) is 15.8 Å². The molecule has 0 saturated carbocycles. The Bertz CT molecular complexity index is 1030. The monoisotopic (exact) mass is 453 g/mol. The number of nitrogens with one attached hydrogen (secondary N) is 1. The van der Waals surface area contributed by atoms with Gasteiger partial charge in [0.05, 0.1) is 23.6 Å². The second-order valence-corrected chi connectivity index (χ2v) is 9.45. The van der Waals surface area contributed by atoms with Gasteiger partial charge < -0.3 is 14.0 Å². The number of methoxy groups -OCH3 is 1. The zero-order chi connectivity index (χ0) is 21.5. The van der Waals surface area contributed by atoms with Gasteiger partial charge in [0.25, 0.3) is 5.91 Å². The van der Waals surface area contributed by atoms with E-state index in [1.807, 2.05) is 82.8 Å². The van der Waals surface area contributed by atoms with Crippen molar-refractivity contribution in [2.45, 2.75) is 4.58 Å². The number of ether oxygens (including phenoxy) is 2. The molecule has 6 nitrogen and oxygen atoms in total. The molecule has 1 aromatic heterocycles. The average molecular weight is 454 g/mol. The lowest BCUT2D eigenvalue weighted by molar-refractivity contribution is -0.123. The van der Waals surface area contributed by atoms with Gasteiger partial charge in [0, 0.05) is 23.4 Å². The largest absolute Gasteiger partial charge is 0.497 e. The maximum absolute atomic E-state index is 12.1. The van der Waals surface area contributed by atoms with Crippen LogP contribution in [0.25, 0.3) is 5.69 Å². The van der Waals surface area contributed by atoms with Crippen molar-refractivity contribution in [2.24, 2.45) is 5.10 Å². The van der Waals surface area contributed by atoms with Crippen LogP contribution in [0.3, 0.4) is 0 Å². The Morgan fingerprint density at radius 1 is 1.10 bits per heavy atom. The molecule has 0 unspecified atom stereocenters. The van der Waals surface area contributed by atoms with Crippen LogP contribution < -0.4 is 14.9 Å². The highest BCUT2D eigenvalue weighted by Crippen LogP contribution is 2.45. The van der Waals surface area contributed by atoms with Crippen LogP contribution in [-0.4, -0.2) is 41.9 Å². The topological polar surface area (TPSA) is 64.8 Å². The van der Waals surface area contributed by atoms with E-state index in [1.165, 1.54) is 17.1 Å². The maximum Gasteiger partial charge on any atom is 0.277 e. The minimum absolute atomic E-state index is 0.0941. The van der Waals surface area contributed by atoms with Gasteiger partial charge in [-0.15, -0.1) is 23.5 Å². The van der Waals surface area contributed by atoms with Crippen molar-refractivity contribution in [3.05, 3.63) is 78.1 Å². The van der Waals surface area contributed by atoms with E-state index in [0.717, 1.165) is 17.1 Å². The van der Waals surface area contributed by atoms with Crippen LogP contribution in [0.5, 0.6) is 11.5 Å². The number of benzene rings is 2. The van der Waals surface area contributed by atoms with Crippen molar-refractivity contribution >= 4 is 35.6 Å². The fourth-order valence-corrected chi connectivity index (χ4v) is 5.96. The van der Waals surface area contributed by atoms with E-state index in [0.29, 0.717) is 10.3 Å². The summed E-state index contributed by atoms with van der Waals surface area (Å²) in [4.78, 5) is 12.1. The SMILES string of the molecule is COc1ccc(-n2cccc2/C=N\NC(=O)COc2ccc(C3SCCS3)cc2)cc1. The average Bonchev–Trinajstić information content (AvgIpc) is 3.51. The van der Waals surface area contributed by atoms with Gasteiger partial charge in [0.15, 0.2) is 6.61 Å². The predicted octanol–water partition coefficient (Wildman–Crippen LogP) is 4.49. The fraction of sp³-hybridized carbons (Fsp3) is 0.217. The van der Waals surface area contributed by atoms with Gasteiger partial charge in [-0.3, -0.25) is 4.79 Å². The number of aromatic nitrogens is 1. The lowest BCUT2D eigenvalue weighted by Crippen LogP contribution is -2.24. The van der Waals surface area contributed by atoms with Gasteiger partial charge in [-0.2, -0.15) is 5.10 Å². The minimum atomic E-state index is -0.315. The number of hydrogen-bond acceptors (Lipinski definition) is 6. The number of hydrogen-bond donors (Lipinski definition) is 1. The number of amides is 1. The first-order valence-electron chi connectivity index (χ1n) is 9.82. The van der Waals surface area contributed by atoms with Crippen molar-refractivity contribution in [1.29, 1.82) is 0 Å². The summed E-state index contributed by atoms with van der Waals surface area (Å²) in [6, 6.07) is 19.5. The molecular formula is C23H23N3O3S2. The normalized spacial score (nSPS) is 14.1. The molecule has 3 aromatic rings. The number of nitrogens with zero attached hydrogens (tertiary/aromatic N) is 2. The molecule has 1 saturated heterocycles. The minimum Gasteiger partial charge on any atom is -0.497 e. The van der Waals surface area contributed by atoms with Gasteiger partial charge in [0.1, 0.15) is 11.5 Å². The van der Waals surface area contributed by atoms with Gasteiger partial charge in [0.2, 0.25) is 0 Å². The number of carbonyl (C=O) groups excluding carboxylic acids is 1. The summed E-state index contributed by atoms with van der Waals surface area (Å²) in [6.45, 7) is -0.0941. The van der Waals surface area contributed by atoms with E-state index >= 15 is 0 Å². The molecule has 1 aliphatic rings. The van der Waals surface area contributed by atoms with Crippen molar-refractivity contribution in [2.75, 3.05) is 25.2 Å². The van der Waals surface area contributed by atoms with Crippen LogP contribution in [0.2, 0.25) is 0 Å². The standard InChI is InChI=1S/C23H23N3O3S2/c1-28-20-10-6-18(7-11-20)26-12-2-3-19(26)15-24-25-22(27)16-29-21-8-4-17(5-9-21)23-30-13-14-31-23/h2-12,15,23H,13-14,16H2,1H3,(H,25,27)/b24-15-. The molecular weight excluding hydrogens is 430 g/mol. The Hall–Kier alpha value is -2.84. The molecule has 0 atom stereocenters. The third-order valence-electron chi connectivity index (χ3n) is 4.66. The van der Waals surface area contributed by atoms with Gasteiger partial charge in [-0.25, -0.2) is 5.43 Å². The Labute approximate surface area is 190 Å². The molecule has 160 valence electrons. The van der Waals surface area contributed by atoms with Gasteiger partial charge >= 0.3 is 0 Å². The van der Waals surface area contributed by atoms with Crippen molar-refractivity contribution < 1.29 is 14.3 Å². The molecule has 8 heteroatoms. The van der Waals surface area contributed by atoms with Crippen molar-refractivity contribution in [3.63, 3.8) is 0 Å². The first-order chi connectivity index (χ1) is 15.2. The number of thioether (sulfide) groups is 2. The Morgan fingerprint density at radius 3 is 2.52 bits per heavy atom. The number of carbonyl (C=O) groups is 1. The van der Waals surface area contributed by atoms with Gasteiger partial charge in [-0.1, -0.05) is 12.1 Å². The molecule has 1 N–H and O–H groups in total. The second-order valence-electron chi connectivity index (χ2n) is 6.73. The van der Waals surface area contributed by atoms with Crippen LogP contribution in [0, 0.1) is 0 Å². The Kier molecular flexibility index (Phi) is 7.22. The van der Waals surface area contributed by atoms with E-state index in [-0.39, 0.29) is 12.5 Å². The molecule has 0 radical (unpaired) electrons. The first kappa shape index (κ1) is 21.4. The molecule has 0 spiro atoms. The molecule has 2 heterocycles. The molecule has 1 aliphatic heterocycles. The lowest BCUT2D eigenvalue weighted by atomic mass is 10.2. The van der Waals surface area contributed by atoms with E-state index in [1.54, 1.807) is 13.3 Å². The van der Waals surface area contributed by atoms with Crippen LogP contribution >= 0.6 is 23.5 Å². The van der Waals surface area contributed by atoms with Crippen LogP contribution in [0.4, 0.5) is 0 Å². The highest BCUT2D eigenvalue weighted by Gasteiger charge is 2.18. The number of rotatable bonds is 8. The Morgan fingerprint density at radius 2 is 1.81 bits per heavy atom. The first-order valence-corrected chi connectivity index (χ1v) is 11.9. The van der Waals surface area contributed by atoms with E-state index in [2.05, 4.69) is 22.7 Å². The second kappa shape index (κ2) is 10.5. The molecule has 0 aliphatic carbocycles. The highest BCUT2D eigenvalue weighted by atomic mass is 32.2. The lowest BCUT2D eigenvalue weighted by Gasteiger charge is -2.10. The molecule has 2 aromatic carbocycles. The predicted molar refractivity (Wildman–Crippen MR) is 128 cm³/mol.